The number of carbonyl (C=O) groups is 1. The Bertz CT molecular complexity index is 829. The molecule has 0 saturated carbocycles. The van der Waals surface area contributed by atoms with Crippen molar-refractivity contribution in [1.82, 2.24) is 0 Å². The summed E-state index contributed by atoms with van der Waals surface area (Å²) in [7, 11) is 4.56. The SMILES string of the molecule is COc1ccc(OCC(O)CO)c(C(=O)/C=C/c2cccc(OC)c2OC)c1. The van der Waals surface area contributed by atoms with Gasteiger partial charge in [-0.1, -0.05) is 12.1 Å². The molecule has 0 heterocycles. The lowest BCUT2D eigenvalue weighted by Gasteiger charge is -2.13. The van der Waals surface area contributed by atoms with E-state index in [4.69, 9.17) is 24.1 Å². The van der Waals surface area contributed by atoms with E-state index in [2.05, 4.69) is 0 Å². The van der Waals surface area contributed by atoms with E-state index in [1.54, 1.807) is 42.5 Å². The lowest BCUT2D eigenvalue weighted by molar-refractivity contribution is 0.0532. The van der Waals surface area contributed by atoms with Gasteiger partial charge in [0.2, 0.25) is 0 Å². The second-order valence-electron chi connectivity index (χ2n) is 5.79. The fourth-order valence-corrected chi connectivity index (χ4v) is 2.49. The quantitative estimate of drug-likeness (QED) is 0.476. The van der Waals surface area contributed by atoms with E-state index >= 15 is 0 Å². The summed E-state index contributed by atoms with van der Waals surface area (Å²) >= 11 is 0. The summed E-state index contributed by atoms with van der Waals surface area (Å²) in [5, 5.41) is 18.4. The van der Waals surface area contributed by atoms with Gasteiger partial charge in [0.1, 0.15) is 24.2 Å². The van der Waals surface area contributed by atoms with E-state index in [0.717, 1.165) is 0 Å². The maximum atomic E-state index is 12.8. The van der Waals surface area contributed by atoms with Crippen LogP contribution in [0.25, 0.3) is 6.08 Å². The van der Waals surface area contributed by atoms with E-state index in [1.807, 2.05) is 0 Å². The molecule has 2 rings (SSSR count). The minimum Gasteiger partial charge on any atom is -0.497 e. The van der Waals surface area contributed by atoms with Crippen LogP contribution in [0, 0.1) is 0 Å². The summed E-state index contributed by atoms with van der Waals surface area (Å²) in [5.41, 5.74) is 0.943. The van der Waals surface area contributed by atoms with Gasteiger partial charge in [0.05, 0.1) is 33.5 Å². The highest BCUT2D eigenvalue weighted by Crippen LogP contribution is 2.32. The summed E-state index contributed by atoms with van der Waals surface area (Å²) in [4.78, 5) is 12.8. The second kappa shape index (κ2) is 10.3. The number of para-hydroxylation sites is 1. The predicted molar refractivity (Wildman–Crippen MR) is 104 cm³/mol. The second-order valence-corrected chi connectivity index (χ2v) is 5.79. The third-order valence-corrected chi connectivity index (χ3v) is 3.94. The van der Waals surface area contributed by atoms with Crippen molar-refractivity contribution in [2.75, 3.05) is 34.5 Å². The zero-order chi connectivity index (χ0) is 20.5. The van der Waals surface area contributed by atoms with Crippen molar-refractivity contribution in [1.29, 1.82) is 0 Å². The minimum absolute atomic E-state index is 0.142. The Morgan fingerprint density at radius 3 is 2.50 bits per heavy atom. The Morgan fingerprint density at radius 1 is 1.07 bits per heavy atom. The first-order valence-electron chi connectivity index (χ1n) is 8.57. The van der Waals surface area contributed by atoms with Crippen LogP contribution in [-0.4, -0.2) is 56.6 Å². The average Bonchev–Trinajstić information content (AvgIpc) is 2.74. The third-order valence-electron chi connectivity index (χ3n) is 3.94. The maximum absolute atomic E-state index is 12.8. The molecule has 0 amide bonds. The first-order chi connectivity index (χ1) is 13.5. The van der Waals surface area contributed by atoms with Crippen molar-refractivity contribution in [2.45, 2.75) is 6.10 Å². The molecule has 0 aromatic heterocycles. The number of carbonyl (C=O) groups excluding carboxylic acids is 1. The monoisotopic (exact) mass is 388 g/mol. The van der Waals surface area contributed by atoms with Crippen LogP contribution in [0.3, 0.4) is 0 Å². The van der Waals surface area contributed by atoms with Crippen LogP contribution in [0.4, 0.5) is 0 Å². The number of aliphatic hydroxyl groups is 2. The molecule has 2 aromatic rings. The van der Waals surface area contributed by atoms with Crippen LogP contribution < -0.4 is 18.9 Å². The minimum atomic E-state index is -1.04. The van der Waals surface area contributed by atoms with Crippen LogP contribution in [0.2, 0.25) is 0 Å². The Hall–Kier alpha value is -3.03. The molecule has 0 radical (unpaired) electrons. The fraction of sp³-hybridized carbons (Fsp3) is 0.286. The molecule has 0 aliphatic heterocycles. The number of ether oxygens (including phenoxy) is 4. The standard InChI is InChI=1S/C21H24O7/c1-25-16-8-10-19(28-13-15(23)12-22)17(11-16)18(24)9-7-14-5-4-6-20(26-2)21(14)27-3/h4-11,15,22-23H,12-13H2,1-3H3/b9-7+. The molecule has 0 aliphatic carbocycles. The lowest BCUT2D eigenvalue weighted by Crippen LogP contribution is -2.21. The molecule has 1 unspecified atom stereocenters. The number of allylic oxidation sites excluding steroid dienone is 1. The molecular formula is C21H24O7. The molecule has 2 aromatic carbocycles. The zero-order valence-electron chi connectivity index (χ0n) is 16.0. The lowest BCUT2D eigenvalue weighted by atomic mass is 10.1. The molecule has 7 heteroatoms. The zero-order valence-corrected chi connectivity index (χ0v) is 16.0. The normalized spacial score (nSPS) is 11.9. The molecular weight excluding hydrogens is 364 g/mol. The Balaban J connectivity index is 2.31. The van der Waals surface area contributed by atoms with E-state index in [9.17, 15) is 9.90 Å². The molecule has 0 spiro atoms. The van der Waals surface area contributed by atoms with E-state index in [1.165, 1.54) is 27.4 Å². The maximum Gasteiger partial charge on any atom is 0.189 e. The van der Waals surface area contributed by atoms with Gasteiger partial charge in [0, 0.05) is 5.56 Å². The van der Waals surface area contributed by atoms with E-state index in [0.29, 0.717) is 22.8 Å². The molecule has 7 nitrogen and oxygen atoms in total. The number of aliphatic hydroxyl groups excluding tert-OH is 2. The van der Waals surface area contributed by atoms with Crippen molar-refractivity contribution in [3.8, 4) is 23.0 Å². The van der Waals surface area contributed by atoms with Crippen LogP contribution in [-0.2, 0) is 0 Å². The average molecular weight is 388 g/mol. The Morgan fingerprint density at radius 2 is 1.86 bits per heavy atom. The molecule has 0 bridgehead atoms. The van der Waals surface area contributed by atoms with E-state index < -0.39 is 12.7 Å². The molecule has 0 fully saturated rings. The van der Waals surface area contributed by atoms with Gasteiger partial charge in [-0.15, -0.1) is 0 Å². The number of rotatable bonds is 10. The molecule has 1 atom stereocenters. The summed E-state index contributed by atoms with van der Waals surface area (Å²) in [6.07, 6.45) is 1.97. The van der Waals surface area contributed by atoms with Gasteiger partial charge >= 0.3 is 0 Å². The smallest absolute Gasteiger partial charge is 0.189 e. The molecule has 150 valence electrons. The first-order valence-corrected chi connectivity index (χ1v) is 8.57. The molecule has 0 saturated heterocycles. The molecule has 28 heavy (non-hydrogen) atoms. The highest BCUT2D eigenvalue weighted by Gasteiger charge is 2.14. The van der Waals surface area contributed by atoms with Crippen LogP contribution >= 0.6 is 0 Å². The van der Waals surface area contributed by atoms with Gasteiger partial charge in [0.25, 0.3) is 0 Å². The number of methoxy groups -OCH3 is 3. The van der Waals surface area contributed by atoms with Crippen molar-refractivity contribution < 1.29 is 34.0 Å². The summed E-state index contributed by atoms with van der Waals surface area (Å²) in [5.74, 6) is 1.52. The van der Waals surface area contributed by atoms with Crippen molar-refractivity contribution in [2.24, 2.45) is 0 Å². The van der Waals surface area contributed by atoms with Crippen LogP contribution in [0.5, 0.6) is 23.0 Å². The third kappa shape index (κ3) is 5.25. The molecule has 2 N–H and O–H groups in total. The Labute approximate surface area is 163 Å². The highest BCUT2D eigenvalue weighted by molar-refractivity contribution is 6.09. The van der Waals surface area contributed by atoms with Gasteiger partial charge in [-0.2, -0.15) is 0 Å². The number of hydrogen-bond donors (Lipinski definition) is 2. The highest BCUT2D eigenvalue weighted by atomic mass is 16.5. The number of benzene rings is 2. The Kier molecular flexibility index (Phi) is 7.86. The van der Waals surface area contributed by atoms with Crippen LogP contribution in [0.1, 0.15) is 15.9 Å². The van der Waals surface area contributed by atoms with Gasteiger partial charge in [-0.3, -0.25) is 4.79 Å². The largest absolute Gasteiger partial charge is 0.497 e. The van der Waals surface area contributed by atoms with Crippen molar-refractivity contribution >= 4 is 11.9 Å². The predicted octanol–water partition coefficient (Wildman–Crippen LogP) is 2.34. The van der Waals surface area contributed by atoms with Gasteiger partial charge in [-0.05, 0) is 36.4 Å². The van der Waals surface area contributed by atoms with E-state index in [-0.39, 0.29) is 23.7 Å². The number of hydrogen-bond acceptors (Lipinski definition) is 7. The first kappa shape index (κ1) is 21.3. The molecule has 0 aliphatic rings. The van der Waals surface area contributed by atoms with Gasteiger partial charge < -0.3 is 29.2 Å². The summed E-state index contributed by atoms with van der Waals surface area (Å²) < 4.78 is 21.3. The fourth-order valence-electron chi connectivity index (χ4n) is 2.49. The number of ketones is 1. The van der Waals surface area contributed by atoms with Gasteiger partial charge in [0.15, 0.2) is 17.3 Å². The summed E-state index contributed by atoms with van der Waals surface area (Å²) in [6.45, 7) is -0.578. The van der Waals surface area contributed by atoms with Gasteiger partial charge in [-0.25, -0.2) is 0 Å². The van der Waals surface area contributed by atoms with Crippen LogP contribution in [0.15, 0.2) is 42.5 Å². The summed E-state index contributed by atoms with van der Waals surface area (Å²) in [6, 6.07) is 10.1. The van der Waals surface area contributed by atoms with Crippen molar-refractivity contribution in [3.05, 3.63) is 53.6 Å². The topological polar surface area (TPSA) is 94.5 Å². The van der Waals surface area contributed by atoms with Crippen molar-refractivity contribution in [3.63, 3.8) is 0 Å².